The Morgan fingerprint density at radius 1 is 0.982 bits per heavy atom. The number of aliphatic hydroxyl groups excluding tert-OH is 2. The zero-order valence-electron chi connectivity index (χ0n) is 36.4. The number of benzene rings is 1. The van der Waals surface area contributed by atoms with Gasteiger partial charge in [0, 0.05) is 64.8 Å². The zero-order chi connectivity index (χ0) is 42.9. The first-order valence-corrected chi connectivity index (χ1v) is 20.1. The molecule has 3 aliphatic carbocycles. The summed E-state index contributed by atoms with van der Waals surface area (Å²) in [6.07, 6.45) is 0.776. The Morgan fingerprint density at radius 3 is 2.02 bits per heavy atom. The Kier molecular flexibility index (Phi) is 12.1. The van der Waals surface area contributed by atoms with Crippen LogP contribution < -0.4 is 20.9 Å². The van der Waals surface area contributed by atoms with Crippen LogP contribution in [0.5, 0.6) is 5.75 Å². The lowest BCUT2D eigenvalue weighted by Gasteiger charge is -2.63. The summed E-state index contributed by atoms with van der Waals surface area (Å²) in [7, 11) is 2.96. The molecule has 6 atom stereocenters. The number of likely N-dealkylation sites (N-methyl/N-ethyl adjacent to an activating group) is 2. The van der Waals surface area contributed by atoms with Crippen LogP contribution in [-0.2, 0) is 24.6 Å². The molecular formula is C43H67N5O8. The minimum absolute atomic E-state index is 0.0550. The number of carbonyl (C=O) groups is 4. The highest BCUT2D eigenvalue weighted by atomic mass is 16.3. The van der Waals surface area contributed by atoms with Crippen molar-refractivity contribution in [3.63, 3.8) is 0 Å². The number of amides is 2. The maximum Gasteiger partial charge on any atom is 0.258 e. The number of fused-ring (bicyclic) bond motifs is 3. The number of ketones is 2. The highest BCUT2D eigenvalue weighted by Crippen LogP contribution is 2.68. The number of aliphatic hydroxyl groups is 3. The number of nitrogens with one attached hydrogen (secondary N) is 3. The molecule has 0 radical (unpaired) electrons. The summed E-state index contributed by atoms with van der Waals surface area (Å²) in [4.78, 5) is 60.4. The monoisotopic (exact) mass is 781 g/mol. The van der Waals surface area contributed by atoms with Crippen molar-refractivity contribution in [2.45, 2.75) is 138 Å². The van der Waals surface area contributed by atoms with Crippen molar-refractivity contribution in [2.24, 2.45) is 23.2 Å². The molecule has 1 aromatic rings. The minimum Gasteiger partial charge on any atom is -0.508 e. The van der Waals surface area contributed by atoms with Crippen molar-refractivity contribution in [1.29, 1.82) is 0 Å². The maximum absolute atomic E-state index is 15.3. The van der Waals surface area contributed by atoms with Crippen LogP contribution in [0.3, 0.4) is 0 Å². The molecule has 0 heterocycles. The lowest BCUT2D eigenvalue weighted by molar-refractivity contribution is -0.170. The SMILES string of the molecule is CCN(c1c(C)c(NC(=O)CNC(C)(CC)C(C)C)c(O)c2c1C(C)(C)[C@]1(C)C(=C2O)C(=O)[C@]2(O)C(O)=C(C(=O)NC)C(=O)[C@H](N(C)C(C)C)[C@@H]2C1C)C(C)C. The van der Waals surface area contributed by atoms with Gasteiger partial charge in [0.2, 0.25) is 11.7 Å². The van der Waals surface area contributed by atoms with Gasteiger partial charge in [0.1, 0.15) is 17.1 Å². The average molecular weight is 782 g/mol. The van der Waals surface area contributed by atoms with Gasteiger partial charge in [0.05, 0.1) is 23.8 Å². The van der Waals surface area contributed by atoms with Crippen LogP contribution >= 0.6 is 0 Å². The Bertz CT molecular complexity index is 1880. The molecule has 2 unspecified atom stereocenters. The molecule has 3 aliphatic rings. The van der Waals surface area contributed by atoms with E-state index >= 15 is 4.79 Å². The molecule has 0 aliphatic heterocycles. The third kappa shape index (κ3) is 6.14. The smallest absolute Gasteiger partial charge is 0.258 e. The Hall–Kier alpha value is -3.94. The van der Waals surface area contributed by atoms with Crippen molar-refractivity contribution in [3.05, 3.63) is 33.6 Å². The molecule has 0 spiro atoms. The van der Waals surface area contributed by atoms with Crippen molar-refractivity contribution in [3.8, 4) is 5.75 Å². The Balaban J connectivity index is 2.15. The largest absolute Gasteiger partial charge is 0.508 e. The van der Waals surface area contributed by atoms with Gasteiger partial charge in [-0.15, -0.1) is 0 Å². The fourth-order valence-electron chi connectivity index (χ4n) is 9.82. The van der Waals surface area contributed by atoms with Crippen LogP contribution in [0.2, 0.25) is 0 Å². The summed E-state index contributed by atoms with van der Waals surface area (Å²) >= 11 is 0. The molecular weight excluding hydrogens is 714 g/mol. The van der Waals surface area contributed by atoms with Gasteiger partial charge < -0.3 is 41.3 Å². The van der Waals surface area contributed by atoms with Crippen LogP contribution in [0.15, 0.2) is 16.9 Å². The van der Waals surface area contributed by atoms with E-state index in [1.54, 1.807) is 18.9 Å². The summed E-state index contributed by atoms with van der Waals surface area (Å²) in [5.74, 6) is -7.17. The third-order valence-corrected chi connectivity index (χ3v) is 14.4. The second-order valence-corrected chi connectivity index (χ2v) is 18.0. The van der Waals surface area contributed by atoms with Gasteiger partial charge in [0.15, 0.2) is 17.1 Å². The predicted octanol–water partition coefficient (Wildman–Crippen LogP) is 5.27. The summed E-state index contributed by atoms with van der Waals surface area (Å²) in [6, 6.07) is -1.57. The van der Waals surface area contributed by atoms with E-state index in [9.17, 15) is 34.8 Å². The summed E-state index contributed by atoms with van der Waals surface area (Å²) < 4.78 is 0. The summed E-state index contributed by atoms with van der Waals surface area (Å²) in [5.41, 5.74) is -4.81. The number of phenolic OH excluding ortho intramolecular Hbond substituents is 1. The number of hydrogen-bond acceptors (Lipinski definition) is 11. The molecule has 0 bridgehead atoms. The highest BCUT2D eigenvalue weighted by molar-refractivity contribution is 6.25. The van der Waals surface area contributed by atoms with E-state index in [4.69, 9.17) is 0 Å². The van der Waals surface area contributed by atoms with Gasteiger partial charge in [-0.05, 0) is 79.3 Å². The van der Waals surface area contributed by atoms with E-state index in [2.05, 4.69) is 34.7 Å². The fourth-order valence-corrected chi connectivity index (χ4v) is 9.82. The van der Waals surface area contributed by atoms with Gasteiger partial charge in [-0.2, -0.15) is 0 Å². The zero-order valence-corrected chi connectivity index (χ0v) is 36.4. The number of aromatic hydroxyl groups is 1. The molecule has 13 heteroatoms. The molecule has 0 saturated heterocycles. The highest BCUT2D eigenvalue weighted by Gasteiger charge is 2.73. The van der Waals surface area contributed by atoms with E-state index in [-0.39, 0.29) is 46.9 Å². The van der Waals surface area contributed by atoms with E-state index in [0.717, 1.165) is 6.42 Å². The lowest BCUT2D eigenvalue weighted by Crippen LogP contribution is -2.72. The molecule has 4 rings (SSSR count). The van der Waals surface area contributed by atoms with E-state index in [1.165, 1.54) is 7.05 Å². The number of rotatable bonds is 12. The maximum atomic E-state index is 15.3. The standard InChI is InChI=1S/C43H67N5O8/c1-17-41(13,20(3)4)45-19-25(49)46-31-23(9)32(48(18-2)22(7)8)29-26(35(31)51)34(50)30-38(54)43(56)28(24(10)42(30,14)40(29,11)12)33(47(16)21(5)6)36(52)27(37(43)53)39(55)44-15/h20-22,24,28,33,45,50-51,53,56H,17-19H2,1-16H3,(H,44,55)(H,46,49)/t24?,28-,33+,41?,42-,43+/m0/s1. The topological polar surface area (TPSA) is 192 Å². The van der Waals surface area contributed by atoms with Crippen LogP contribution in [0.1, 0.15) is 113 Å². The number of nitrogens with zero attached hydrogens (tertiary/aromatic N) is 2. The number of hydrogen-bond donors (Lipinski definition) is 7. The van der Waals surface area contributed by atoms with E-state index < -0.39 is 80.5 Å². The van der Waals surface area contributed by atoms with E-state index in [1.807, 2.05) is 76.2 Å². The van der Waals surface area contributed by atoms with Crippen LogP contribution in [-0.4, -0.2) is 105 Å². The van der Waals surface area contributed by atoms with Crippen molar-refractivity contribution in [1.82, 2.24) is 15.5 Å². The molecule has 312 valence electrons. The van der Waals surface area contributed by atoms with Gasteiger partial charge in [-0.1, -0.05) is 48.5 Å². The van der Waals surface area contributed by atoms with Crippen molar-refractivity contribution in [2.75, 3.05) is 37.4 Å². The Labute approximate surface area is 333 Å². The number of anilines is 2. The molecule has 1 saturated carbocycles. The lowest BCUT2D eigenvalue weighted by atomic mass is 9.41. The third-order valence-electron chi connectivity index (χ3n) is 14.4. The summed E-state index contributed by atoms with van der Waals surface area (Å²) in [6.45, 7) is 27.7. The molecule has 13 nitrogen and oxygen atoms in total. The molecule has 0 aromatic heterocycles. The van der Waals surface area contributed by atoms with E-state index in [0.29, 0.717) is 23.4 Å². The summed E-state index contributed by atoms with van der Waals surface area (Å²) in [5, 5.41) is 58.1. The molecule has 1 fully saturated rings. The second-order valence-electron chi connectivity index (χ2n) is 18.0. The van der Waals surface area contributed by atoms with Gasteiger partial charge in [-0.3, -0.25) is 24.1 Å². The second kappa shape index (κ2) is 15.1. The minimum atomic E-state index is -2.80. The van der Waals surface area contributed by atoms with Gasteiger partial charge >= 0.3 is 0 Å². The van der Waals surface area contributed by atoms with Gasteiger partial charge in [0.25, 0.3) is 5.91 Å². The van der Waals surface area contributed by atoms with Crippen molar-refractivity contribution < 1.29 is 39.6 Å². The molecule has 56 heavy (non-hydrogen) atoms. The first kappa shape index (κ1) is 44.8. The first-order valence-electron chi connectivity index (χ1n) is 20.1. The first-order chi connectivity index (χ1) is 25.7. The molecule has 7 N–H and O–H groups in total. The predicted molar refractivity (Wildman–Crippen MR) is 220 cm³/mol. The number of phenols is 1. The van der Waals surface area contributed by atoms with Crippen molar-refractivity contribution >= 4 is 40.5 Å². The number of Topliss-reactive ketones (excluding diaryl/α,β-unsaturated/α-hetero) is 2. The normalized spacial score (nSPS) is 27.1. The quantitative estimate of drug-likeness (QED) is 0.108. The fraction of sp³-hybridized carbons (Fsp3) is 0.674. The molecule has 1 aromatic carbocycles. The molecule has 2 amide bonds. The average Bonchev–Trinajstić information content (AvgIpc) is 3.12. The van der Waals surface area contributed by atoms with Crippen LogP contribution in [0.25, 0.3) is 5.76 Å². The van der Waals surface area contributed by atoms with Crippen LogP contribution in [0.4, 0.5) is 11.4 Å². The Morgan fingerprint density at radius 2 is 1.55 bits per heavy atom. The number of carbonyl (C=O) groups excluding carboxylic acids is 4. The van der Waals surface area contributed by atoms with Gasteiger partial charge in [-0.25, -0.2) is 0 Å². The van der Waals surface area contributed by atoms with Crippen LogP contribution in [0, 0.1) is 30.1 Å².